The second-order valence-electron chi connectivity index (χ2n) is 3.24. The Morgan fingerprint density at radius 2 is 2.25 bits per heavy atom. The highest BCUT2D eigenvalue weighted by Gasteiger charge is 2.13. The molecule has 0 aliphatic heterocycles. The highest BCUT2D eigenvalue weighted by Crippen LogP contribution is 2.21. The van der Waals surface area contributed by atoms with Crippen LogP contribution in [-0.4, -0.2) is 17.2 Å². The molecule has 0 saturated carbocycles. The maximum Gasteiger partial charge on any atom is 0.304 e. The number of nitrogens with two attached hydrogens (primary N) is 1. The molecular formula is C10H13FN2O2S. The topological polar surface area (TPSA) is 69.2 Å². The maximum atomic E-state index is 13.2. The Hall–Kier alpha value is -1.14. The molecule has 2 N–H and O–H groups in total. The van der Waals surface area contributed by atoms with Crippen LogP contribution < -0.4 is 5.73 Å². The van der Waals surface area contributed by atoms with Crippen LogP contribution in [0.2, 0.25) is 0 Å². The third kappa shape index (κ3) is 3.79. The predicted octanol–water partition coefficient (Wildman–Crippen LogP) is 2.32. The Bertz CT molecular complexity index is 374. The molecule has 0 radical (unpaired) electrons. The van der Waals surface area contributed by atoms with Crippen LogP contribution >= 0.6 is 11.8 Å². The van der Waals surface area contributed by atoms with Gasteiger partial charge in [-0.25, -0.2) is 0 Å². The van der Waals surface area contributed by atoms with Crippen molar-refractivity contribution in [2.24, 2.45) is 5.73 Å². The van der Waals surface area contributed by atoms with Crippen LogP contribution in [0.15, 0.2) is 18.2 Å². The second-order valence-corrected chi connectivity index (χ2v) is 4.34. The number of rotatable bonds is 6. The molecule has 0 atom stereocenters. The lowest BCUT2D eigenvalue weighted by molar-refractivity contribution is -0.387. The summed E-state index contributed by atoms with van der Waals surface area (Å²) in [5.74, 6) is 0.784. The number of thioether (sulfide) groups is 1. The summed E-state index contributed by atoms with van der Waals surface area (Å²) in [5.41, 5.74) is 5.62. The van der Waals surface area contributed by atoms with Gasteiger partial charge in [0.15, 0.2) is 0 Å². The van der Waals surface area contributed by atoms with E-state index in [2.05, 4.69) is 0 Å². The number of hydrogen-bond donors (Lipinski definition) is 1. The van der Waals surface area contributed by atoms with Gasteiger partial charge in [0.05, 0.1) is 4.92 Å². The third-order valence-corrected chi connectivity index (χ3v) is 3.09. The summed E-state index contributed by atoms with van der Waals surface area (Å²) < 4.78 is 13.2. The molecule has 88 valence electrons. The summed E-state index contributed by atoms with van der Waals surface area (Å²) in [6.45, 7) is 0.640. The largest absolute Gasteiger partial charge is 0.330 e. The lowest BCUT2D eigenvalue weighted by Crippen LogP contribution is -1.99. The van der Waals surface area contributed by atoms with Gasteiger partial charge in [0.2, 0.25) is 5.82 Å². The number of hydrogen-bond acceptors (Lipinski definition) is 4. The summed E-state index contributed by atoms with van der Waals surface area (Å²) in [5, 5.41) is 10.4. The zero-order valence-corrected chi connectivity index (χ0v) is 9.50. The van der Waals surface area contributed by atoms with Crippen molar-refractivity contribution in [1.82, 2.24) is 0 Å². The zero-order valence-electron chi connectivity index (χ0n) is 8.69. The molecule has 0 saturated heterocycles. The smallest absolute Gasteiger partial charge is 0.304 e. The molecular weight excluding hydrogens is 231 g/mol. The fourth-order valence-electron chi connectivity index (χ4n) is 1.16. The summed E-state index contributed by atoms with van der Waals surface area (Å²) in [6, 6.07) is 4.00. The number of nitro benzene ring substituents is 1. The molecule has 0 bridgehead atoms. The Morgan fingerprint density at radius 1 is 1.50 bits per heavy atom. The van der Waals surface area contributed by atoms with Gasteiger partial charge in [0, 0.05) is 11.8 Å². The molecule has 16 heavy (non-hydrogen) atoms. The van der Waals surface area contributed by atoms with E-state index < -0.39 is 16.4 Å². The number of benzene rings is 1. The molecule has 0 aromatic heterocycles. The van der Waals surface area contributed by atoms with Crippen LogP contribution in [-0.2, 0) is 5.75 Å². The third-order valence-electron chi connectivity index (χ3n) is 1.97. The number of halogens is 1. The Labute approximate surface area is 97.2 Å². The minimum Gasteiger partial charge on any atom is -0.330 e. The molecule has 0 spiro atoms. The summed E-state index contributed by atoms with van der Waals surface area (Å²) >= 11 is 1.64. The molecule has 0 unspecified atom stereocenters. The van der Waals surface area contributed by atoms with Crippen LogP contribution in [0, 0.1) is 15.9 Å². The first kappa shape index (κ1) is 12.9. The molecule has 0 fully saturated rings. The molecule has 1 aromatic rings. The first-order valence-corrected chi connectivity index (χ1v) is 6.01. The van der Waals surface area contributed by atoms with Crippen molar-refractivity contribution in [3.05, 3.63) is 39.7 Å². The Balaban J connectivity index is 2.56. The normalized spacial score (nSPS) is 10.4. The van der Waals surface area contributed by atoms with Gasteiger partial charge in [-0.2, -0.15) is 16.2 Å². The van der Waals surface area contributed by atoms with Crippen LogP contribution in [0.4, 0.5) is 10.1 Å². The Kier molecular flexibility index (Phi) is 5.21. The van der Waals surface area contributed by atoms with Crippen molar-refractivity contribution in [3.8, 4) is 0 Å². The van der Waals surface area contributed by atoms with Crippen molar-refractivity contribution in [2.45, 2.75) is 12.2 Å². The van der Waals surface area contributed by atoms with Gasteiger partial charge >= 0.3 is 5.69 Å². The lowest BCUT2D eigenvalue weighted by Gasteiger charge is -2.01. The maximum absolute atomic E-state index is 13.2. The molecule has 1 rings (SSSR count). The first-order valence-electron chi connectivity index (χ1n) is 4.85. The molecule has 0 aliphatic carbocycles. The van der Waals surface area contributed by atoms with Gasteiger partial charge < -0.3 is 5.73 Å². The van der Waals surface area contributed by atoms with E-state index in [-0.39, 0.29) is 0 Å². The van der Waals surface area contributed by atoms with E-state index in [0.717, 1.165) is 17.7 Å². The molecule has 0 amide bonds. The van der Waals surface area contributed by atoms with Crippen molar-refractivity contribution >= 4 is 17.4 Å². The summed E-state index contributed by atoms with van der Waals surface area (Å²) in [6.07, 6.45) is 0.917. The van der Waals surface area contributed by atoms with E-state index in [1.807, 2.05) is 0 Å². The molecule has 1 aromatic carbocycles. The predicted molar refractivity (Wildman–Crippen MR) is 62.9 cm³/mol. The summed E-state index contributed by atoms with van der Waals surface area (Å²) in [4.78, 5) is 9.66. The fraction of sp³-hybridized carbons (Fsp3) is 0.400. The van der Waals surface area contributed by atoms with Gasteiger partial charge in [-0.1, -0.05) is 6.07 Å². The monoisotopic (exact) mass is 244 g/mol. The van der Waals surface area contributed by atoms with Crippen LogP contribution in [0.1, 0.15) is 12.0 Å². The van der Waals surface area contributed by atoms with Crippen molar-refractivity contribution in [1.29, 1.82) is 0 Å². The van der Waals surface area contributed by atoms with E-state index in [1.165, 1.54) is 12.1 Å². The average molecular weight is 244 g/mol. The molecule has 0 aliphatic rings. The minimum atomic E-state index is -0.776. The zero-order chi connectivity index (χ0) is 12.0. The van der Waals surface area contributed by atoms with Crippen molar-refractivity contribution in [2.75, 3.05) is 12.3 Å². The quantitative estimate of drug-likeness (QED) is 0.473. The van der Waals surface area contributed by atoms with Gasteiger partial charge in [-0.05, 0) is 30.3 Å². The summed E-state index contributed by atoms with van der Waals surface area (Å²) in [7, 11) is 0. The van der Waals surface area contributed by atoms with Crippen LogP contribution in [0.25, 0.3) is 0 Å². The standard InChI is InChI=1S/C10H13FN2O2S/c11-9-6-8(7-16-5-1-4-12)2-3-10(9)13(14)15/h2-3,6H,1,4-5,7,12H2. The highest BCUT2D eigenvalue weighted by atomic mass is 32.2. The SMILES string of the molecule is NCCCSCc1ccc([N+](=O)[O-])c(F)c1. The highest BCUT2D eigenvalue weighted by molar-refractivity contribution is 7.98. The molecule has 6 heteroatoms. The fourth-order valence-corrected chi connectivity index (χ4v) is 2.09. The van der Waals surface area contributed by atoms with E-state index in [1.54, 1.807) is 17.8 Å². The van der Waals surface area contributed by atoms with Gasteiger partial charge in [-0.3, -0.25) is 10.1 Å². The second kappa shape index (κ2) is 6.44. The Morgan fingerprint density at radius 3 is 2.81 bits per heavy atom. The van der Waals surface area contributed by atoms with Gasteiger partial charge in [-0.15, -0.1) is 0 Å². The number of nitro groups is 1. The van der Waals surface area contributed by atoms with Crippen LogP contribution in [0.5, 0.6) is 0 Å². The van der Waals surface area contributed by atoms with E-state index >= 15 is 0 Å². The van der Waals surface area contributed by atoms with Gasteiger partial charge in [0.25, 0.3) is 0 Å². The van der Waals surface area contributed by atoms with Crippen molar-refractivity contribution in [3.63, 3.8) is 0 Å². The van der Waals surface area contributed by atoms with E-state index in [0.29, 0.717) is 12.3 Å². The van der Waals surface area contributed by atoms with Crippen LogP contribution in [0.3, 0.4) is 0 Å². The van der Waals surface area contributed by atoms with Gasteiger partial charge in [0.1, 0.15) is 0 Å². The average Bonchev–Trinajstić information content (AvgIpc) is 2.24. The minimum absolute atomic E-state index is 0.476. The first-order chi connectivity index (χ1) is 7.65. The lowest BCUT2D eigenvalue weighted by atomic mass is 10.2. The number of nitrogens with zero attached hydrogens (tertiary/aromatic N) is 1. The van der Waals surface area contributed by atoms with E-state index in [4.69, 9.17) is 5.73 Å². The molecule has 0 heterocycles. The van der Waals surface area contributed by atoms with E-state index in [9.17, 15) is 14.5 Å². The van der Waals surface area contributed by atoms with Crippen molar-refractivity contribution < 1.29 is 9.31 Å². The molecule has 4 nitrogen and oxygen atoms in total.